The highest BCUT2D eigenvalue weighted by molar-refractivity contribution is 7.85. The molecule has 2 aromatic rings. The number of aryl methyl sites for hydroxylation is 2. The summed E-state index contributed by atoms with van der Waals surface area (Å²) in [7, 11) is -1.14. The first kappa shape index (κ1) is 10.5. The summed E-state index contributed by atoms with van der Waals surface area (Å²) in [6, 6.07) is 11.6. The molecule has 0 saturated carbocycles. The van der Waals surface area contributed by atoms with Gasteiger partial charge in [0, 0.05) is 0 Å². The number of rotatable bonds is 0. The molecule has 0 unspecified atom stereocenters. The van der Waals surface area contributed by atoms with Crippen molar-refractivity contribution < 1.29 is 8.95 Å². The molecule has 1 aliphatic heterocycles. The monoisotopic (exact) mass is 244 g/mol. The zero-order valence-electron chi connectivity index (χ0n) is 9.69. The van der Waals surface area contributed by atoms with Crippen LogP contribution in [-0.2, 0) is 10.8 Å². The van der Waals surface area contributed by atoms with Crippen LogP contribution in [0.4, 0.5) is 0 Å². The van der Waals surface area contributed by atoms with E-state index < -0.39 is 10.8 Å². The van der Waals surface area contributed by atoms with Gasteiger partial charge in [0.25, 0.3) is 0 Å². The molecule has 0 amide bonds. The van der Waals surface area contributed by atoms with E-state index in [0.29, 0.717) is 11.5 Å². The lowest BCUT2D eigenvalue weighted by molar-refractivity contribution is 0.450. The lowest BCUT2D eigenvalue weighted by atomic mass is 10.2. The van der Waals surface area contributed by atoms with Crippen molar-refractivity contribution in [3.05, 3.63) is 47.5 Å². The topological polar surface area (TPSA) is 26.3 Å². The number of benzene rings is 2. The van der Waals surface area contributed by atoms with Crippen molar-refractivity contribution >= 4 is 10.8 Å². The highest BCUT2D eigenvalue weighted by atomic mass is 32.2. The van der Waals surface area contributed by atoms with Crippen LogP contribution in [0.3, 0.4) is 0 Å². The Morgan fingerprint density at radius 2 is 1.35 bits per heavy atom. The Balaban J connectivity index is 2.21. The van der Waals surface area contributed by atoms with Crippen LogP contribution in [0.5, 0.6) is 11.5 Å². The molecule has 86 valence electrons. The fourth-order valence-corrected chi connectivity index (χ4v) is 3.33. The van der Waals surface area contributed by atoms with E-state index in [4.69, 9.17) is 4.74 Å². The smallest absolute Gasteiger partial charge is 0.144 e. The van der Waals surface area contributed by atoms with Crippen LogP contribution >= 0.6 is 0 Å². The van der Waals surface area contributed by atoms with Gasteiger partial charge in [0.15, 0.2) is 0 Å². The van der Waals surface area contributed by atoms with Gasteiger partial charge in [-0.05, 0) is 49.2 Å². The standard InChI is InChI=1S/C14H12O2S/c1-9-3-5-11-13(7-9)17(15)14-8-10(2)4-6-12(14)16-11/h3-8H,1-2H3. The molecule has 0 saturated heterocycles. The number of hydrogen-bond acceptors (Lipinski definition) is 2. The second-order valence-electron chi connectivity index (χ2n) is 4.27. The molecule has 1 heterocycles. The van der Waals surface area contributed by atoms with Crippen LogP contribution in [0.25, 0.3) is 0 Å². The first-order chi connectivity index (χ1) is 8.15. The Morgan fingerprint density at radius 3 is 1.82 bits per heavy atom. The third-order valence-corrected chi connectivity index (χ3v) is 4.25. The molecule has 17 heavy (non-hydrogen) atoms. The molecule has 0 fully saturated rings. The summed E-state index contributed by atoms with van der Waals surface area (Å²) in [4.78, 5) is 1.53. The van der Waals surface area contributed by atoms with E-state index in [1.54, 1.807) is 0 Å². The van der Waals surface area contributed by atoms with E-state index in [9.17, 15) is 4.21 Å². The third kappa shape index (κ3) is 1.67. The molecule has 0 atom stereocenters. The second kappa shape index (κ2) is 3.70. The molecule has 3 heteroatoms. The van der Waals surface area contributed by atoms with Gasteiger partial charge in [0.1, 0.15) is 11.5 Å². The normalized spacial score (nSPS) is 13.8. The molecule has 0 N–H and O–H groups in total. The van der Waals surface area contributed by atoms with Crippen LogP contribution in [0, 0.1) is 13.8 Å². The summed E-state index contributed by atoms with van der Waals surface area (Å²) in [6.07, 6.45) is 0. The lowest BCUT2D eigenvalue weighted by Gasteiger charge is -2.20. The Bertz CT molecular complexity index is 579. The van der Waals surface area contributed by atoms with Gasteiger partial charge in [-0.1, -0.05) is 12.1 Å². The molecule has 2 aromatic carbocycles. The summed E-state index contributed by atoms with van der Waals surface area (Å²) in [5.74, 6) is 1.40. The van der Waals surface area contributed by atoms with Crippen LogP contribution in [0.15, 0.2) is 46.2 Å². The predicted molar refractivity (Wildman–Crippen MR) is 67.1 cm³/mol. The fraction of sp³-hybridized carbons (Fsp3) is 0.143. The summed E-state index contributed by atoms with van der Waals surface area (Å²) in [6.45, 7) is 3.98. The third-order valence-electron chi connectivity index (χ3n) is 2.82. The van der Waals surface area contributed by atoms with E-state index >= 15 is 0 Å². The van der Waals surface area contributed by atoms with Crippen molar-refractivity contribution in [2.75, 3.05) is 0 Å². The van der Waals surface area contributed by atoms with Gasteiger partial charge in [0.05, 0.1) is 20.6 Å². The van der Waals surface area contributed by atoms with Gasteiger partial charge in [-0.15, -0.1) is 0 Å². The summed E-state index contributed by atoms with van der Waals surface area (Å²) < 4.78 is 18.2. The van der Waals surface area contributed by atoms with E-state index in [1.807, 2.05) is 50.2 Å². The zero-order valence-corrected chi connectivity index (χ0v) is 10.5. The summed E-state index contributed by atoms with van der Waals surface area (Å²) >= 11 is 0. The first-order valence-electron chi connectivity index (χ1n) is 5.46. The summed E-state index contributed by atoms with van der Waals surface area (Å²) in [5, 5.41) is 0. The Morgan fingerprint density at radius 1 is 0.882 bits per heavy atom. The van der Waals surface area contributed by atoms with Crippen molar-refractivity contribution in [1.82, 2.24) is 0 Å². The van der Waals surface area contributed by atoms with Crippen molar-refractivity contribution in [1.29, 1.82) is 0 Å². The number of hydrogen-bond donors (Lipinski definition) is 0. The van der Waals surface area contributed by atoms with E-state index in [0.717, 1.165) is 20.9 Å². The van der Waals surface area contributed by atoms with Crippen LogP contribution in [0.2, 0.25) is 0 Å². The molecule has 0 aliphatic carbocycles. The van der Waals surface area contributed by atoms with Gasteiger partial charge >= 0.3 is 0 Å². The minimum absolute atomic E-state index is 0.699. The molecular weight excluding hydrogens is 232 g/mol. The minimum atomic E-state index is -1.14. The van der Waals surface area contributed by atoms with Crippen molar-refractivity contribution in [3.8, 4) is 11.5 Å². The van der Waals surface area contributed by atoms with Crippen molar-refractivity contribution in [2.45, 2.75) is 23.6 Å². The van der Waals surface area contributed by atoms with E-state index in [1.165, 1.54) is 0 Å². The Kier molecular flexibility index (Phi) is 2.30. The number of fused-ring (bicyclic) bond motifs is 2. The second-order valence-corrected chi connectivity index (χ2v) is 5.69. The Labute approximate surface area is 103 Å². The maximum absolute atomic E-state index is 12.4. The van der Waals surface area contributed by atoms with Crippen LogP contribution < -0.4 is 4.74 Å². The maximum Gasteiger partial charge on any atom is 0.144 e. The van der Waals surface area contributed by atoms with Gasteiger partial charge < -0.3 is 4.74 Å². The van der Waals surface area contributed by atoms with E-state index in [2.05, 4.69) is 0 Å². The van der Waals surface area contributed by atoms with Gasteiger partial charge in [-0.2, -0.15) is 0 Å². The average molecular weight is 244 g/mol. The minimum Gasteiger partial charge on any atom is -0.455 e. The summed E-state index contributed by atoms with van der Waals surface area (Å²) in [5.41, 5.74) is 2.19. The van der Waals surface area contributed by atoms with Gasteiger partial charge in [-0.3, -0.25) is 0 Å². The molecule has 3 rings (SSSR count). The zero-order chi connectivity index (χ0) is 12.0. The Hall–Kier alpha value is -1.61. The average Bonchev–Trinajstić information content (AvgIpc) is 2.32. The molecule has 0 bridgehead atoms. The molecule has 0 radical (unpaired) electrons. The lowest BCUT2D eigenvalue weighted by Crippen LogP contribution is -2.05. The van der Waals surface area contributed by atoms with E-state index in [-0.39, 0.29) is 0 Å². The molecular formula is C14H12O2S. The predicted octanol–water partition coefficient (Wildman–Crippen LogP) is 3.58. The molecule has 2 nitrogen and oxygen atoms in total. The largest absolute Gasteiger partial charge is 0.455 e. The number of ether oxygens (including phenoxy) is 1. The van der Waals surface area contributed by atoms with Crippen molar-refractivity contribution in [3.63, 3.8) is 0 Å². The highest BCUT2D eigenvalue weighted by Crippen LogP contribution is 2.40. The van der Waals surface area contributed by atoms with Crippen LogP contribution in [-0.4, -0.2) is 4.21 Å². The quantitative estimate of drug-likeness (QED) is 0.604. The fourth-order valence-electron chi connectivity index (χ4n) is 1.93. The van der Waals surface area contributed by atoms with Crippen LogP contribution in [0.1, 0.15) is 11.1 Å². The van der Waals surface area contributed by atoms with Crippen molar-refractivity contribution in [2.24, 2.45) is 0 Å². The SMILES string of the molecule is Cc1ccc2c(c1)S(=O)c1cc(C)ccc1O2. The first-order valence-corrected chi connectivity index (χ1v) is 6.61. The maximum atomic E-state index is 12.4. The highest BCUT2D eigenvalue weighted by Gasteiger charge is 2.23. The van der Waals surface area contributed by atoms with Gasteiger partial charge in [-0.25, -0.2) is 4.21 Å². The molecule has 1 aliphatic rings. The van der Waals surface area contributed by atoms with Gasteiger partial charge in [0.2, 0.25) is 0 Å². The molecule has 0 aromatic heterocycles. The molecule has 0 spiro atoms.